The van der Waals surface area contributed by atoms with Gasteiger partial charge in [-0.2, -0.15) is 5.26 Å². The van der Waals surface area contributed by atoms with E-state index in [-0.39, 0.29) is 21.3 Å². The van der Waals surface area contributed by atoms with Crippen LogP contribution in [0.1, 0.15) is 5.56 Å². The molecule has 0 aliphatic rings. The summed E-state index contributed by atoms with van der Waals surface area (Å²) in [5, 5.41) is 9.37. The van der Waals surface area contributed by atoms with Crippen LogP contribution in [0.2, 0.25) is 0 Å². The van der Waals surface area contributed by atoms with Crippen LogP contribution >= 0.6 is 27.7 Å². The molecule has 0 fully saturated rings. The van der Waals surface area contributed by atoms with Gasteiger partial charge in [0.2, 0.25) is 0 Å². The summed E-state index contributed by atoms with van der Waals surface area (Å²) in [7, 11) is 0. The molecule has 0 saturated carbocycles. The number of thioether (sulfide) groups is 1. The number of hydrogen-bond acceptors (Lipinski definition) is 4. The van der Waals surface area contributed by atoms with E-state index in [1.165, 1.54) is 23.9 Å². The number of aromatic nitrogens is 2. The summed E-state index contributed by atoms with van der Waals surface area (Å²) in [4.78, 5) is 18.3. The number of nitrogens with zero attached hydrogens (tertiary/aromatic N) is 2. The molecule has 0 radical (unpaired) electrons. The van der Waals surface area contributed by atoms with E-state index in [2.05, 4.69) is 25.9 Å². The highest BCUT2D eigenvalue weighted by molar-refractivity contribution is 9.10. The summed E-state index contributed by atoms with van der Waals surface area (Å²) in [5.41, 5.74) is -0.604. The number of rotatable bonds is 2. The Morgan fingerprint density at radius 1 is 1.53 bits per heavy atom. The van der Waals surface area contributed by atoms with Crippen molar-refractivity contribution >= 4 is 27.7 Å². The molecule has 0 unspecified atom stereocenters. The number of nitriles is 1. The second-order valence-corrected chi connectivity index (χ2v) is 5.16. The Hall–Kier alpha value is -1.65. The quantitative estimate of drug-likeness (QED) is 0.674. The van der Waals surface area contributed by atoms with E-state index in [4.69, 9.17) is 5.26 Å². The van der Waals surface area contributed by atoms with Crippen LogP contribution in [0.25, 0.3) is 11.3 Å². The summed E-state index contributed by atoms with van der Waals surface area (Å²) in [6.45, 7) is 0. The lowest BCUT2D eigenvalue weighted by Gasteiger charge is -2.07. The van der Waals surface area contributed by atoms with Gasteiger partial charge in [0.1, 0.15) is 17.4 Å². The van der Waals surface area contributed by atoms with Crippen molar-refractivity contribution in [3.05, 3.63) is 44.4 Å². The second-order valence-electron chi connectivity index (χ2n) is 3.51. The van der Waals surface area contributed by atoms with Crippen molar-refractivity contribution in [2.24, 2.45) is 0 Å². The Kier molecular flexibility index (Phi) is 4.02. The molecule has 2 aromatic rings. The molecule has 0 spiro atoms. The molecule has 7 heteroatoms. The zero-order valence-electron chi connectivity index (χ0n) is 9.70. The lowest BCUT2D eigenvalue weighted by molar-refractivity contribution is 0.623. The summed E-state index contributed by atoms with van der Waals surface area (Å²) in [5.74, 6) is -0.552. The predicted molar refractivity (Wildman–Crippen MR) is 74.4 cm³/mol. The minimum absolute atomic E-state index is 0.0504. The average Bonchev–Trinajstić information content (AvgIpc) is 2.41. The van der Waals surface area contributed by atoms with Gasteiger partial charge in [-0.3, -0.25) is 4.79 Å². The molecular weight excluding hydrogens is 333 g/mol. The third-order valence-electron chi connectivity index (χ3n) is 2.41. The Morgan fingerprint density at radius 3 is 2.89 bits per heavy atom. The van der Waals surface area contributed by atoms with Crippen LogP contribution < -0.4 is 5.56 Å². The van der Waals surface area contributed by atoms with E-state index < -0.39 is 11.4 Å². The zero-order chi connectivity index (χ0) is 14.0. The fraction of sp³-hybridized carbons (Fsp3) is 0.0833. The van der Waals surface area contributed by atoms with Crippen LogP contribution in [0.5, 0.6) is 0 Å². The lowest BCUT2D eigenvalue weighted by atomic mass is 10.1. The molecule has 0 bridgehead atoms. The number of hydrogen-bond donors (Lipinski definition) is 1. The molecule has 1 aromatic carbocycles. The van der Waals surface area contributed by atoms with Crippen LogP contribution in [0.3, 0.4) is 0 Å². The van der Waals surface area contributed by atoms with Gasteiger partial charge < -0.3 is 4.98 Å². The van der Waals surface area contributed by atoms with Gasteiger partial charge in [-0.25, -0.2) is 9.37 Å². The molecule has 19 heavy (non-hydrogen) atoms. The third-order valence-corrected chi connectivity index (χ3v) is 3.60. The first kappa shape index (κ1) is 13.8. The molecule has 4 nitrogen and oxygen atoms in total. The summed E-state index contributed by atoms with van der Waals surface area (Å²) in [6, 6.07) is 6.39. The first-order chi connectivity index (χ1) is 9.08. The molecule has 1 aromatic heterocycles. The fourth-order valence-corrected chi connectivity index (χ4v) is 2.28. The highest BCUT2D eigenvalue weighted by atomic mass is 79.9. The molecule has 0 saturated heterocycles. The minimum Gasteiger partial charge on any atom is -0.300 e. The van der Waals surface area contributed by atoms with Crippen molar-refractivity contribution in [3.8, 4) is 17.3 Å². The molecule has 0 aliphatic carbocycles. The van der Waals surface area contributed by atoms with Crippen molar-refractivity contribution in [1.82, 2.24) is 9.97 Å². The van der Waals surface area contributed by atoms with E-state index in [0.29, 0.717) is 5.16 Å². The number of benzene rings is 1. The van der Waals surface area contributed by atoms with Crippen molar-refractivity contribution < 1.29 is 4.39 Å². The van der Waals surface area contributed by atoms with Gasteiger partial charge in [-0.1, -0.05) is 17.8 Å². The highest BCUT2D eigenvalue weighted by Crippen LogP contribution is 2.28. The van der Waals surface area contributed by atoms with Gasteiger partial charge in [0.05, 0.1) is 10.2 Å². The van der Waals surface area contributed by atoms with E-state index in [1.807, 2.05) is 0 Å². The summed E-state index contributed by atoms with van der Waals surface area (Å²) >= 11 is 4.28. The molecule has 0 atom stereocenters. The maximum Gasteiger partial charge on any atom is 0.270 e. The molecular formula is C12H7BrFN3OS. The lowest BCUT2D eigenvalue weighted by Crippen LogP contribution is -2.15. The van der Waals surface area contributed by atoms with E-state index in [0.717, 1.165) is 0 Å². The van der Waals surface area contributed by atoms with Crippen LogP contribution in [0.15, 0.2) is 32.6 Å². The summed E-state index contributed by atoms with van der Waals surface area (Å²) in [6.07, 6.45) is 1.73. The van der Waals surface area contributed by atoms with E-state index in [1.54, 1.807) is 18.4 Å². The van der Waals surface area contributed by atoms with Crippen molar-refractivity contribution in [2.45, 2.75) is 5.16 Å². The standard InChI is InChI=1S/C12H7BrFN3OS/c1-19-12-16-10(7(5-15)11(18)17-12)6-3-2-4-8(13)9(6)14/h2-4H,1H3,(H,16,17,18). The summed E-state index contributed by atoms with van der Waals surface area (Å²) < 4.78 is 14.3. The molecule has 96 valence electrons. The molecule has 2 rings (SSSR count). The third kappa shape index (κ3) is 2.55. The molecule has 0 amide bonds. The first-order valence-corrected chi connectivity index (χ1v) is 7.13. The second kappa shape index (κ2) is 5.55. The average molecular weight is 340 g/mol. The predicted octanol–water partition coefficient (Wildman–Crippen LogP) is 2.93. The van der Waals surface area contributed by atoms with Crippen molar-refractivity contribution in [2.75, 3.05) is 6.26 Å². The van der Waals surface area contributed by atoms with Gasteiger partial charge in [0, 0.05) is 5.56 Å². The Bertz CT molecular complexity index is 739. The van der Waals surface area contributed by atoms with E-state index >= 15 is 0 Å². The molecule has 1 heterocycles. The van der Waals surface area contributed by atoms with Gasteiger partial charge in [0.25, 0.3) is 5.56 Å². The minimum atomic E-state index is -0.573. The van der Waals surface area contributed by atoms with E-state index in [9.17, 15) is 9.18 Å². The smallest absolute Gasteiger partial charge is 0.270 e. The largest absolute Gasteiger partial charge is 0.300 e. The van der Waals surface area contributed by atoms with Crippen LogP contribution in [-0.4, -0.2) is 16.2 Å². The van der Waals surface area contributed by atoms with Crippen molar-refractivity contribution in [3.63, 3.8) is 0 Å². The van der Waals surface area contributed by atoms with Gasteiger partial charge in [-0.15, -0.1) is 0 Å². The van der Waals surface area contributed by atoms with Crippen molar-refractivity contribution in [1.29, 1.82) is 5.26 Å². The zero-order valence-corrected chi connectivity index (χ0v) is 12.1. The van der Waals surface area contributed by atoms with Gasteiger partial charge in [-0.05, 0) is 34.3 Å². The van der Waals surface area contributed by atoms with Crippen LogP contribution in [0, 0.1) is 17.1 Å². The molecule has 1 N–H and O–H groups in total. The Labute approximate surface area is 120 Å². The number of halogens is 2. The number of aromatic amines is 1. The number of H-pyrrole nitrogens is 1. The topological polar surface area (TPSA) is 69.5 Å². The molecule has 0 aliphatic heterocycles. The van der Waals surface area contributed by atoms with Crippen LogP contribution in [-0.2, 0) is 0 Å². The van der Waals surface area contributed by atoms with Crippen LogP contribution in [0.4, 0.5) is 4.39 Å². The normalized spacial score (nSPS) is 10.2. The fourth-order valence-electron chi connectivity index (χ4n) is 1.53. The maximum atomic E-state index is 14.1. The van der Waals surface area contributed by atoms with Gasteiger partial charge in [0.15, 0.2) is 5.16 Å². The maximum absolute atomic E-state index is 14.1. The Morgan fingerprint density at radius 2 is 2.26 bits per heavy atom. The number of nitrogens with one attached hydrogen (secondary N) is 1. The first-order valence-electron chi connectivity index (χ1n) is 5.11. The monoisotopic (exact) mass is 339 g/mol. The van der Waals surface area contributed by atoms with Gasteiger partial charge >= 0.3 is 0 Å². The Balaban J connectivity index is 2.81. The SMILES string of the molecule is CSc1nc(-c2cccc(Br)c2F)c(C#N)c(=O)[nH]1. The highest BCUT2D eigenvalue weighted by Gasteiger charge is 2.17.